The molecule has 0 fully saturated rings. The standard InChI is InChI=1S/C15H32/c1-7-9-15(8-2)14(6)11-13(5)10-12(3)4/h12-15H,7-11H2,1-6H3. The van der Waals surface area contributed by atoms with Gasteiger partial charge in [-0.15, -0.1) is 0 Å². The molecule has 0 aliphatic rings. The van der Waals surface area contributed by atoms with Crippen LogP contribution in [0.3, 0.4) is 0 Å². The highest BCUT2D eigenvalue weighted by atomic mass is 14.2. The largest absolute Gasteiger partial charge is 0.0654 e. The van der Waals surface area contributed by atoms with Crippen LogP contribution in [0.25, 0.3) is 0 Å². The lowest BCUT2D eigenvalue weighted by molar-refractivity contribution is 0.255. The topological polar surface area (TPSA) is 0 Å². The van der Waals surface area contributed by atoms with Gasteiger partial charge in [-0.1, -0.05) is 60.8 Å². The zero-order valence-electron chi connectivity index (χ0n) is 11.8. The molecule has 0 aromatic heterocycles. The monoisotopic (exact) mass is 212 g/mol. The van der Waals surface area contributed by atoms with Crippen LogP contribution in [-0.4, -0.2) is 0 Å². The van der Waals surface area contributed by atoms with Crippen LogP contribution < -0.4 is 0 Å². The summed E-state index contributed by atoms with van der Waals surface area (Å²) in [5, 5.41) is 0. The van der Waals surface area contributed by atoms with Crippen LogP contribution in [0.1, 0.15) is 73.6 Å². The molecule has 0 heterocycles. The van der Waals surface area contributed by atoms with Crippen LogP contribution >= 0.6 is 0 Å². The van der Waals surface area contributed by atoms with Crippen LogP contribution in [0.2, 0.25) is 0 Å². The van der Waals surface area contributed by atoms with Crippen LogP contribution in [0.15, 0.2) is 0 Å². The van der Waals surface area contributed by atoms with E-state index in [1.54, 1.807) is 0 Å². The van der Waals surface area contributed by atoms with Gasteiger partial charge in [-0.05, 0) is 36.5 Å². The Balaban J connectivity index is 3.91. The Bertz CT molecular complexity index is 137. The van der Waals surface area contributed by atoms with Crippen molar-refractivity contribution in [1.82, 2.24) is 0 Å². The molecule has 0 aliphatic heterocycles. The van der Waals surface area contributed by atoms with Gasteiger partial charge in [0.25, 0.3) is 0 Å². The van der Waals surface area contributed by atoms with Crippen molar-refractivity contribution in [1.29, 1.82) is 0 Å². The molecule has 3 unspecified atom stereocenters. The van der Waals surface area contributed by atoms with E-state index in [9.17, 15) is 0 Å². The minimum atomic E-state index is 0.860. The lowest BCUT2D eigenvalue weighted by Crippen LogP contribution is -2.15. The highest BCUT2D eigenvalue weighted by Crippen LogP contribution is 2.28. The molecule has 0 aliphatic carbocycles. The van der Waals surface area contributed by atoms with E-state index in [2.05, 4.69) is 41.5 Å². The Labute approximate surface area is 97.8 Å². The van der Waals surface area contributed by atoms with Crippen LogP contribution in [0, 0.1) is 23.7 Å². The summed E-state index contributed by atoms with van der Waals surface area (Å²) in [6.07, 6.45) is 6.96. The molecule has 15 heavy (non-hydrogen) atoms. The first-order valence-corrected chi connectivity index (χ1v) is 7.01. The zero-order valence-corrected chi connectivity index (χ0v) is 11.8. The third kappa shape index (κ3) is 6.98. The summed E-state index contributed by atoms with van der Waals surface area (Å²) in [5.74, 6) is 3.65. The molecule has 0 amide bonds. The van der Waals surface area contributed by atoms with Crippen LogP contribution in [0.4, 0.5) is 0 Å². The summed E-state index contributed by atoms with van der Waals surface area (Å²) >= 11 is 0. The minimum Gasteiger partial charge on any atom is -0.0654 e. The Morgan fingerprint density at radius 2 is 1.47 bits per heavy atom. The van der Waals surface area contributed by atoms with Gasteiger partial charge in [0, 0.05) is 0 Å². The lowest BCUT2D eigenvalue weighted by Gasteiger charge is -2.25. The highest BCUT2D eigenvalue weighted by Gasteiger charge is 2.17. The fourth-order valence-corrected chi connectivity index (χ4v) is 2.99. The molecule has 0 heteroatoms. The van der Waals surface area contributed by atoms with Crippen LogP contribution in [0.5, 0.6) is 0 Å². The maximum atomic E-state index is 2.46. The van der Waals surface area contributed by atoms with Gasteiger partial charge in [0.15, 0.2) is 0 Å². The molecule has 0 aromatic carbocycles. The van der Waals surface area contributed by atoms with Gasteiger partial charge in [0.2, 0.25) is 0 Å². The van der Waals surface area contributed by atoms with Crippen molar-refractivity contribution < 1.29 is 0 Å². The normalized spacial score (nSPS) is 17.8. The predicted octanol–water partition coefficient (Wildman–Crippen LogP) is 5.52. The molecule has 0 radical (unpaired) electrons. The van der Waals surface area contributed by atoms with E-state index in [4.69, 9.17) is 0 Å². The molecule has 0 spiro atoms. The molecule has 92 valence electrons. The molecule has 0 bridgehead atoms. The average Bonchev–Trinajstić information content (AvgIpc) is 2.12. The highest BCUT2D eigenvalue weighted by molar-refractivity contribution is 4.68. The zero-order chi connectivity index (χ0) is 11.8. The first-order valence-electron chi connectivity index (χ1n) is 7.01. The third-order valence-corrected chi connectivity index (χ3v) is 3.64. The Morgan fingerprint density at radius 1 is 0.867 bits per heavy atom. The summed E-state index contributed by atoms with van der Waals surface area (Å²) in [6, 6.07) is 0. The maximum Gasteiger partial charge on any atom is -0.0391 e. The quantitative estimate of drug-likeness (QED) is 0.497. The first-order chi connectivity index (χ1) is 7.01. The van der Waals surface area contributed by atoms with Gasteiger partial charge in [0.05, 0.1) is 0 Å². The molecule has 0 rings (SSSR count). The Morgan fingerprint density at radius 3 is 1.87 bits per heavy atom. The van der Waals surface area contributed by atoms with E-state index < -0.39 is 0 Å². The first kappa shape index (κ1) is 15.0. The fourth-order valence-electron chi connectivity index (χ4n) is 2.99. The van der Waals surface area contributed by atoms with Crippen molar-refractivity contribution in [2.75, 3.05) is 0 Å². The molecule has 0 nitrogen and oxygen atoms in total. The van der Waals surface area contributed by atoms with Crippen molar-refractivity contribution in [2.24, 2.45) is 23.7 Å². The second-order valence-electron chi connectivity index (χ2n) is 5.90. The second kappa shape index (κ2) is 8.19. The van der Waals surface area contributed by atoms with Crippen LogP contribution in [-0.2, 0) is 0 Å². The van der Waals surface area contributed by atoms with E-state index in [1.165, 1.54) is 32.1 Å². The lowest BCUT2D eigenvalue weighted by atomic mass is 9.80. The fraction of sp³-hybridized carbons (Fsp3) is 1.00. The average molecular weight is 212 g/mol. The van der Waals surface area contributed by atoms with Gasteiger partial charge in [-0.25, -0.2) is 0 Å². The SMILES string of the molecule is CCCC(CC)C(C)CC(C)CC(C)C. The third-order valence-electron chi connectivity index (χ3n) is 3.64. The smallest absolute Gasteiger partial charge is 0.0391 e. The van der Waals surface area contributed by atoms with Gasteiger partial charge in [-0.2, -0.15) is 0 Å². The van der Waals surface area contributed by atoms with E-state index in [-0.39, 0.29) is 0 Å². The summed E-state index contributed by atoms with van der Waals surface area (Å²) in [4.78, 5) is 0. The molecule has 0 N–H and O–H groups in total. The number of hydrogen-bond donors (Lipinski definition) is 0. The minimum absolute atomic E-state index is 0.860. The van der Waals surface area contributed by atoms with Crippen molar-refractivity contribution in [3.8, 4) is 0 Å². The van der Waals surface area contributed by atoms with Gasteiger partial charge >= 0.3 is 0 Å². The maximum absolute atomic E-state index is 2.46. The summed E-state index contributed by atoms with van der Waals surface area (Å²) in [7, 11) is 0. The molecule has 0 aromatic rings. The van der Waals surface area contributed by atoms with E-state index >= 15 is 0 Å². The number of rotatable bonds is 8. The Kier molecular flexibility index (Phi) is 8.19. The summed E-state index contributed by atoms with van der Waals surface area (Å²) < 4.78 is 0. The number of hydrogen-bond acceptors (Lipinski definition) is 0. The molecule has 0 saturated heterocycles. The molecule has 3 atom stereocenters. The van der Waals surface area contributed by atoms with E-state index in [0.717, 1.165) is 23.7 Å². The second-order valence-corrected chi connectivity index (χ2v) is 5.90. The predicted molar refractivity (Wildman–Crippen MR) is 71.1 cm³/mol. The van der Waals surface area contributed by atoms with Crippen molar-refractivity contribution in [3.05, 3.63) is 0 Å². The summed E-state index contributed by atoms with van der Waals surface area (Å²) in [5.41, 5.74) is 0. The molecule has 0 saturated carbocycles. The Hall–Kier alpha value is 0. The van der Waals surface area contributed by atoms with Crippen molar-refractivity contribution >= 4 is 0 Å². The molecular formula is C15H32. The van der Waals surface area contributed by atoms with Gasteiger partial charge in [0.1, 0.15) is 0 Å². The van der Waals surface area contributed by atoms with E-state index in [0.29, 0.717) is 0 Å². The molecular weight excluding hydrogens is 180 g/mol. The van der Waals surface area contributed by atoms with Crippen molar-refractivity contribution in [2.45, 2.75) is 73.6 Å². The van der Waals surface area contributed by atoms with Crippen molar-refractivity contribution in [3.63, 3.8) is 0 Å². The van der Waals surface area contributed by atoms with E-state index in [1.807, 2.05) is 0 Å². The summed E-state index contributed by atoms with van der Waals surface area (Å²) in [6.45, 7) is 14.2. The van der Waals surface area contributed by atoms with Gasteiger partial charge < -0.3 is 0 Å². The van der Waals surface area contributed by atoms with Gasteiger partial charge in [-0.3, -0.25) is 0 Å².